The predicted molar refractivity (Wildman–Crippen MR) is 99.9 cm³/mol. The molecule has 2 atom stereocenters. The van der Waals surface area contributed by atoms with Crippen molar-refractivity contribution in [2.75, 3.05) is 0 Å². The molecule has 0 spiro atoms. The molecule has 2 aromatic rings. The number of benzene rings is 2. The molecule has 0 saturated carbocycles. The molecule has 0 unspecified atom stereocenters. The van der Waals surface area contributed by atoms with Crippen LogP contribution in [0.15, 0.2) is 54.6 Å². The van der Waals surface area contributed by atoms with Gasteiger partial charge in [-0.05, 0) is 47.8 Å². The van der Waals surface area contributed by atoms with E-state index in [1.54, 1.807) is 11.1 Å². The first-order chi connectivity index (χ1) is 11.3. The Morgan fingerprint density at radius 3 is 2.43 bits per heavy atom. The zero-order chi connectivity index (χ0) is 16.1. The molecule has 122 valence electrons. The van der Waals surface area contributed by atoms with Gasteiger partial charge in [0.2, 0.25) is 0 Å². The minimum Gasteiger partial charge on any atom is -0.0654 e. The van der Waals surface area contributed by atoms with Gasteiger partial charge in [0.05, 0.1) is 0 Å². The van der Waals surface area contributed by atoms with Crippen molar-refractivity contribution in [2.45, 2.75) is 64.7 Å². The van der Waals surface area contributed by atoms with Crippen molar-refractivity contribution in [3.05, 3.63) is 71.3 Å². The molecule has 0 saturated heterocycles. The van der Waals surface area contributed by atoms with Crippen LogP contribution in [0.25, 0.3) is 0 Å². The molecule has 0 amide bonds. The molecule has 3 rings (SSSR count). The van der Waals surface area contributed by atoms with Crippen LogP contribution in [0.4, 0.5) is 0 Å². The molecule has 23 heavy (non-hydrogen) atoms. The number of aryl methyl sites for hydroxylation is 1. The van der Waals surface area contributed by atoms with E-state index < -0.39 is 0 Å². The van der Waals surface area contributed by atoms with E-state index in [9.17, 15) is 0 Å². The van der Waals surface area contributed by atoms with Gasteiger partial charge in [-0.25, -0.2) is 0 Å². The average Bonchev–Trinajstić information content (AvgIpc) is 2.79. The van der Waals surface area contributed by atoms with Crippen LogP contribution in [0.1, 0.15) is 75.0 Å². The van der Waals surface area contributed by atoms with Gasteiger partial charge < -0.3 is 0 Å². The fraction of sp³-hybridized carbons (Fsp3) is 0.478. The number of rotatable bonds is 5. The summed E-state index contributed by atoms with van der Waals surface area (Å²) in [6.45, 7) is 4.73. The third-order valence-electron chi connectivity index (χ3n) is 6.00. The van der Waals surface area contributed by atoms with Gasteiger partial charge in [0.25, 0.3) is 0 Å². The first kappa shape index (κ1) is 16.3. The zero-order valence-electron chi connectivity index (χ0n) is 14.7. The van der Waals surface area contributed by atoms with E-state index in [0.717, 1.165) is 0 Å². The van der Waals surface area contributed by atoms with Crippen LogP contribution in [-0.2, 0) is 6.42 Å². The van der Waals surface area contributed by atoms with Crippen LogP contribution < -0.4 is 0 Å². The molecule has 0 heteroatoms. The van der Waals surface area contributed by atoms with Crippen LogP contribution in [0, 0.1) is 5.41 Å². The van der Waals surface area contributed by atoms with E-state index in [1.165, 1.54) is 50.5 Å². The van der Waals surface area contributed by atoms with E-state index in [1.807, 2.05) is 0 Å². The van der Waals surface area contributed by atoms with Gasteiger partial charge >= 0.3 is 0 Å². The summed E-state index contributed by atoms with van der Waals surface area (Å²) in [7, 11) is 0. The van der Waals surface area contributed by atoms with Crippen molar-refractivity contribution in [3.8, 4) is 0 Å². The Bertz CT molecular complexity index is 613. The second-order valence-electron chi connectivity index (χ2n) is 7.32. The first-order valence-corrected chi connectivity index (χ1v) is 9.41. The molecule has 0 aliphatic heterocycles. The van der Waals surface area contributed by atoms with Gasteiger partial charge in [-0.15, -0.1) is 0 Å². The van der Waals surface area contributed by atoms with Gasteiger partial charge in [0.15, 0.2) is 0 Å². The zero-order valence-corrected chi connectivity index (χ0v) is 14.7. The molecule has 1 aliphatic carbocycles. The fourth-order valence-electron chi connectivity index (χ4n) is 4.41. The summed E-state index contributed by atoms with van der Waals surface area (Å²) < 4.78 is 0. The first-order valence-electron chi connectivity index (χ1n) is 9.41. The van der Waals surface area contributed by atoms with Gasteiger partial charge in [-0.1, -0.05) is 87.7 Å². The average molecular weight is 306 g/mol. The molecular weight excluding hydrogens is 276 g/mol. The van der Waals surface area contributed by atoms with Crippen LogP contribution in [0.3, 0.4) is 0 Å². The Hall–Kier alpha value is -1.56. The Labute approximate surface area is 141 Å². The van der Waals surface area contributed by atoms with Crippen LogP contribution >= 0.6 is 0 Å². The Kier molecular flexibility index (Phi) is 5.20. The van der Waals surface area contributed by atoms with Crippen LogP contribution in [0.5, 0.6) is 0 Å². The lowest BCUT2D eigenvalue weighted by atomic mass is 9.70. The SMILES string of the molecule is CCCC[C@]1(CC)CCc2ccccc2[C@H](c2ccccc2)C1. The highest BCUT2D eigenvalue weighted by Gasteiger charge is 2.35. The molecule has 1 aliphatic rings. The molecule has 0 heterocycles. The summed E-state index contributed by atoms with van der Waals surface area (Å²) in [6.07, 6.45) is 9.28. The number of hydrogen-bond donors (Lipinski definition) is 0. The molecule has 0 aromatic heterocycles. The van der Waals surface area contributed by atoms with Crippen molar-refractivity contribution in [3.63, 3.8) is 0 Å². The van der Waals surface area contributed by atoms with Crippen molar-refractivity contribution in [1.29, 1.82) is 0 Å². The Morgan fingerprint density at radius 2 is 1.70 bits per heavy atom. The third-order valence-corrected chi connectivity index (χ3v) is 6.00. The van der Waals surface area contributed by atoms with Crippen molar-refractivity contribution in [2.24, 2.45) is 5.41 Å². The van der Waals surface area contributed by atoms with Crippen molar-refractivity contribution in [1.82, 2.24) is 0 Å². The summed E-state index contributed by atoms with van der Waals surface area (Å²) in [5, 5.41) is 0. The summed E-state index contributed by atoms with van der Waals surface area (Å²) >= 11 is 0. The van der Waals surface area contributed by atoms with Gasteiger partial charge in [0.1, 0.15) is 0 Å². The highest BCUT2D eigenvalue weighted by molar-refractivity contribution is 5.39. The van der Waals surface area contributed by atoms with Gasteiger partial charge in [-0.3, -0.25) is 0 Å². The summed E-state index contributed by atoms with van der Waals surface area (Å²) in [6, 6.07) is 20.3. The standard InChI is InChI=1S/C23H30/c1-3-5-16-23(4-2)17-15-20-13-9-10-14-21(20)22(18-23)19-11-7-6-8-12-19/h6-14,22H,3-5,15-18H2,1-2H3/t22-,23+/m0/s1. The van der Waals surface area contributed by atoms with E-state index in [4.69, 9.17) is 0 Å². The minimum atomic E-state index is 0.509. The molecule has 2 aromatic carbocycles. The van der Waals surface area contributed by atoms with E-state index in [-0.39, 0.29) is 0 Å². The number of fused-ring (bicyclic) bond motifs is 1. The maximum absolute atomic E-state index is 2.41. The molecule has 0 N–H and O–H groups in total. The molecule has 0 radical (unpaired) electrons. The van der Waals surface area contributed by atoms with Gasteiger partial charge in [0, 0.05) is 5.92 Å². The van der Waals surface area contributed by atoms with E-state index in [2.05, 4.69) is 68.4 Å². The summed E-state index contributed by atoms with van der Waals surface area (Å²) in [5.74, 6) is 0.562. The van der Waals surface area contributed by atoms with Crippen LogP contribution in [-0.4, -0.2) is 0 Å². The normalized spacial score (nSPS) is 24.0. The third kappa shape index (κ3) is 3.52. The lowest BCUT2D eigenvalue weighted by Gasteiger charge is -2.35. The number of hydrogen-bond acceptors (Lipinski definition) is 0. The Balaban J connectivity index is 2.01. The van der Waals surface area contributed by atoms with Crippen LogP contribution in [0.2, 0.25) is 0 Å². The predicted octanol–water partition coefficient (Wildman–Crippen LogP) is 6.74. The highest BCUT2D eigenvalue weighted by Crippen LogP contribution is 2.48. The summed E-state index contributed by atoms with van der Waals surface area (Å²) in [4.78, 5) is 0. The van der Waals surface area contributed by atoms with E-state index in [0.29, 0.717) is 11.3 Å². The van der Waals surface area contributed by atoms with Crippen molar-refractivity contribution < 1.29 is 0 Å². The smallest absolute Gasteiger partial charge is 0.00973 e. The second kappa shape index (κ2) is 7.34. The largest absolute Gasteiger partial charge is 0.0654 e. The second-order valence-corrected chi connectivity index (χ2v) is 7.32. The monoisotopic (exact) mass is 306 g/mol. The molecular formula is C23H30. The van der Waals surface area contributed by atoms with E-state index >= 15 is 0 Å². The fourth-order valence-corrected chi connectivity index (χ4v) is 4.41. The summed E-state index contributed by atoms with van der Waals surface area (Å²) in [5.41, 5.74) is 5.16. The topological polar surface area (TPSA) is 0 Å². The number of unbranched alkanes of at least 4 members (excludes halogenated alkanes) is 1. The Morgan fingerprint density at radius 1 is 0.957 bits per heavy atom. The quantitative estimate of drug-likeness (QED) is 0.536. The van der Waals surface area contributed by atoms with Gasteiger partial charge in [-0.2, -0.15) is 0 Å². The minimum absolute atomic E-state index is 0.509. The molecule has 0 fully saturated rings. The maximum Gasteiger partial charge on any atom is 0.00973 e. The molecule has 0 bridgehead atoms. The highest BCUT2D eigenvalue weighted by atomic mass is 14.4. The van der Waals surface area contributed by atoms with Crippen molar-refractivity contribution >= 4 is 0 Å². The lowest BCUT2D eigenvalue weighted by Crippen LogP contribution is -2.22. The maximum atomic E-state index is 2.41. The molecule has 0 nitrogen and oxygen atoms in total. The lowest BCUT2D eigenvalue weighted by molar-refractivity contribution is 0.199.